The number of alkyl halides is 3. The van der Waals surface area contributed by atoms with Crippen molar-refractivity contribution in [2.75, 3.05) is 0 Å². The van der Waals surface area contributed by atoms with Gasteiger partial charge in [0, 0.05) is 21.9 Å². The van der Waals surface area contributed by atoms with Gasteiger partial charge in [-0.1, -0.05) is 0 Å². The average molecular weight is 290 g/mol. The van der Waals surface area contributed by atoms with Gasteiger partial charge < -0.3 is 9.84 Å². The quantitative estimate of drug-likeness (QED) is 0.811. The smallest absolute Gasteiger partial charge is 0.417 e. The van der Waals surface area contributed by atoms with Crippen LogP contribution in [0.15, 0.2) is 12.1 Å². The van der Waals surface area contributed by atoms with Crippen LogP contribution in [0.1, 0.15) is 17.4 Å². The predicted octanol–water partition coefficient (Wildman–Crippen LogP) is 3.86. The molecule has 0 amide bonds. The molecule has 1 aromatic heterocycles. The van der Waals surface area contributed by atoms with Gasteiger partial charge in [0.15, 0.2) is 5.75 Å². The van der Waals surface area contributed by atoms with Crippen molar-refractivity contribution in [1.29, 1.82) is 0 Å². The van der Waals surface area contributed by atoms with E-state index in [1.807, 2.05) is 0 Å². The van der Waals surface area contributed by atoms with E-state index in [0.717, 1.165) is 18.3 Å². The van der Waals surface area contributed by atoms with Crippen molar-refractivity contribution in [3.8, 4) is 11.5 Å². The molecule has 2 rings (SSSR count). The van der Waals surface area contributed by atoms with Gasteiger partial charge in [0.05, 0.1) is 5.56 Å². The molecule has 0 aliphatic rings. The van der Waals surface area contributed by atoms with Crippen molar-refractivity contribution >= 4 is 27.4 Å². The van der Waals surface area contributed by atoms with Gasteiger partial charge in [0.25, 0.3) is 0 Å². The number of fused-ring (bicyclic) bond motifs is 1. The summed E-state index contributed by atoms with van der Waals surface area (Å²) in [5, 5.41) is 9.16. The number of halogens is 3. The van der Waals surface area contributed by atoms with Crippen molar-refractivity contribution in [2.24, 2.45) is 0 Å². The number of phenolic OH excluding ortho intramolecular Hbond substituents is 1. The highest BCUT2D eigenvalue weighted by Crippen LogP contribution is 2.46. The molecule has 0 aliphatic heterocycles. The molecular weight excluding hydrogens is 281 g/mol. The fourth-order valence-corrected chi connectivity index (χ4v) is 2.84. The third-order valence-electron chi connectivity index (χ3n) is 2.45. The van der Waals surface area contributed by atoms with Gasteiger partial charge in [-0.3, -0.25) is 4.79 Å². The zero-order chi connectivity index (χ0) is 14.4. The first-order valence-electron chi connectivity index (χ1n) is 5.22. The first-order valence-corrected chi connectivity index (χ1v) is 6.03. The normalized spacial score (nSPS) is 11.8. The summed E-state index contributed by atoms with van der Waals surface area (Å²) in [5.41, 5.74) is -1.01. The SMILES string of the molecule is CC(=O)Oc1c(C)sc2cc(O)cc(C(F)(F)F)c12. The number of hydrogen-bond acceptors (Lipinski definition) is 4. The maximum Gasteiger partial charge on any atom is 0.417 e. The number of rotatable bonds is 1. The third kappa shape index (κ3) is 2.51. The molecular formula is C12H9F3O3S. The number of aryl methyl sites for hydroxylation is 1. The second kappa shape index (κ2) is 4.41. The zero-order valence-electron chi connectivity index (χ0n) is 9.96. The van der Waals surface area contributed by atoms with Crippen LogP contribution in [0, 0.1) is 6.92 Å². The number of benzene rings is 1. The lowest BCUT2D eigenvalue weighted by atomic mass is 10.1. The highest BCUT2D eigenvalue weighted by molar-refractivity contribution is 7.19. The molecule has 102 valence electrons. The van der Waals surface area contributed by atoms with E-state index in [1.54, 1.807) is 6.92 Å². The highest BCUT2D eigenvalue weighted by atomic mass is 32.1. The number of carbonyl (C=O) groups is 1. The molecule has 0 bridgehead atoms. The maximum absolute atomic E-state index is 13.0. The highest BCUT2D eigenvalue weighted by Gasteiger charge is 2.35. The Kier molecular flexibility index (Phi) is 3.17. The molecule has 1 aromatic carbocycles. The number of hydrogen-bond donors (Lipinski definition) is 1. The fourth-order valence-electron chi connectivity index (χ4n) is 1.79. The molecule has 0 saturated carbocycles. The molecule has 1 N–H and O–H groups in total. The summed E-state index contributed by atoms with van der Waals surface area (Å²) in [6.07, 6.45) is -4.64. The van der Waals surface area contributed by atoms with Crippen LogP contribution in [0.2, 0.25) is 0 Å². The van der Waals surface area contributed by atoms with Crippen LogP contribution in [0.4, 0.5) is 13.2 Å². The predicted molar refractivity (Wildman–Crippen MR) is 64.5 cm³/mol. The Morgan fingerprint density at radius 3 is 2.53 bits per heavy atom. The van der Waals surface area contributed by atoms with Gasteiger partial charge in [-0.15, -0.1) is 11.3 Å². The van der Waals surface area contributed by atoms with Gasteiger partial charge in [-0.2, -0.15) is 13.2 Å². The standard InChI is InChI=1S/C12H9F3O3S/c1-5-11(18-6(2)16)10-8(12(13,14)15)3-7(17)4-9(10)19-5/h3-4,17H,1-2H3. The number of thiophene rings is 1. The minimum atomic E-state index is -4.64. The Bertz CT molecular complexity index is 658. The Labute approximate surface area is 110 Å². The van der Waals surface area contributed by atoms with Crippen LogP contribution in [-0.4, -0.2) is 11.1 Å². The van der Waals surface area contributed by atoms with Gasteiger partial charge in [-0.25, -0.2) is 0 Å². The van der Waals surface area contributed by atoms with Crippen molar-refractivity contribution < 1.29 is 27.8 Å². The molecule has 0 saturated heterocycles. The van der Waals surface area contributed by atoms with Crippen LogP contribution < -0.4 is 4.74 Å². The zero-order valence-corrected chi connectivity index (χ0v) is 10.8. The summed E-state index contributed by atoms with van der Waals surface area (Å²) in [4.78, 5) is 11.4. The van der Waals surface area contributed by atoms with Crippen LogP contribution in [-0.2, 0) is 11.0 Å². The monoisotopic (exact) mass is 290 g/mol. The van der Waals surface area contributed by atoms with E-state index in [2.05, 4.69) is 0 Å². The van der Waals surface area contributed by atoms with Crippen molar-refractivity contribution in [1.82, 2.24) is 0 Å². The Morgan fingerprint density at radius 1 is 1.37 bits per heavy atom. The van der Waals surface area contributed by atoms with Crippen LogP contribution in [0.5, 0.6) is 11.5 Å². The topological polar surface area (TPSA) is 46.5 Å². The van der Waals surface area contributed by atoms with Gasteiger partial charge in [0.2, 0.25) is 0 Å². The van der Waals surface area contributed by atoms with E-state index in [9.17, 15) is 23.1 Å². The van der Waals surface area contributed by atoms with Crippen LogP contribution >= 0.6 is 11.3 Å². The van der Waals surface area contributed by atoms with E-state index in [1.165, 1.54) is 6.07 Å². The fraction of sp³-hybridized carbons (Fsp3) is 0.250. The van der Waals surface area contributed by atoms with Crippen molar-refractivity contribution in [3.05, 3.63) is 22.6 Å². The lowest BCUT2D eigenvalue weighted by Crippen LogP contribution is -2.07. The first kappa shape index (κ1) is 13.7. The lowest BCUT2D eigenvalue weighted by molar-refractivity contribution is -0.137. The molecule has 1 heterocycles. The summed E-state index contributed by atoms with van der Waals surface area (Å²) in [5.74, 6) is -1.26. The number of aromatic hydroxyl groups is 1. The molecule has 3 nitrogen and oxygen atoms in total. The van der Waals surface area contributed by atoms with Crippen molar-refractivity contribution in [2.45, 2.75) is 20.0 Å². The molecule has 0 fully saturated rings. The van der Waals surface area contributed by atoms with E-state index < -0.39 is 23.5 Å². The molecule has 0 atom stereocenters. The molecule has 0 radical (unpaired) electrons. The largest absolute Gasteiger partial charge is 0.508 e. The number of esters is 1. The molecule has 0 aliphatic carbocycles. The Morgan fingerprint density at radius 2 is 2.00 bits per heavy atom. The van der Waals surface area contributed by atoms with E-state index >= 15 is 0 Å². The van der Waals surface area contributed by atoms with Gasteiger partial charge in [-0.05, 0) is 19.1 Å². The lowest BCUT2D eigenvalue weighted by Gasteiger charge is -2.10. The van der Waals surface area contributed by atoms with Crippen molar-refractivity contribution in [3.63, 3.8) is 0 Å². The maximum atomic E-state index is 13.0. The molecule has 19 heavy (non-hydrogen) atoms. The summed E-state index contributed by atoms with van der Waals surface area (Å²) in [7, 11) is 0. The van der Waals surface area contributed by atoms with Gasteiger partial charge >= 0.3 is 12.1 Å². The Balaban J connectivity index is 2.83. The minimum absolute atomic E-state index is 0.0974. The molecule has 7 heteroatoms. The van der Waals surface area contributed by atoms with E-state index in [4.69, 9.17) is 4.74 Å². The van der Waals surface area contributed by atoms with E-state index in [0.29, 0.717) is 10.9 Å². The first-order chi connectivity index (χ1) is 8.70. The summed E-state index contributed by atoms with van der Waals surface area (Å²) < 4.78 is 44.0. The summed E-state index contributed by atoms with van der Waals surface area (Å²) in [6.45, 7) is 2.68. The Hall–Kier alpha value is -1.76. The molecule has 0 spiro atoms. The van der Waals surface area contributed by atoms with Crippen LogP contribution in [0.25, 0.3) is 10.1 Å². The van der Waals surface area contributed by atoms with Gasteiger partial charge in [0.1, 0.15) is 5.75 Å². The second-order valence-corrected chi connectivity index (χ2v) is 5.20. The number of phenols is 1. The second-order valence-electron chi connectivity index (χ2n) is 3.95. The van der Waals surface area contributed by atoms with E-state index in [-0.39, 0.29) is 15.8 Å². The molecule has 0 unspecified atom stereocenters. The number of carbonyl (C=O) groups excluding carboxylic acids is 1. The minimum Gasteiger partial charge on any atom is -0.508 e. The summed E-state index contributed by atoms with van der Waals surface area (Å²) >= 11 is 1.03. The molecule has 2 aromatic rings. The average Bonchev–Trinajstić information content (AvgIpc) is 2.51. The van der Waals surface area contributed by atoms with Crippen LogP contribution in [0.3, 0.4) is 0 Å². The number of ether oxygens (including phenoxy) is 1. The summed E-state index contributed by atoms with van der Waals surface area (Å²) in [6, 6.07) is 1.84. The third-order valence-corrected chi connectivity index (χ3v) is 3.48.